The van der Waals surface area contributed by atoms with Crippen molar-refractivity contribution >= 4 is 5.91 Å². The molecule has 2 aliphatic heterocycles. The fourth-order valence-corrected chi connectivity index (χ4v) is 3.01. The van der Waals surface area contributed by atoms with E-state index in [4.69, 9.17) is 9.26 Å². The number of morpholine rings is 1. The van der Waals surface area contributed by atoms with Crippen LogP contribution in [0.4, 0.5) is 0 Å². The van der Waals surface area contributed by atoms with Crippen LogP contribution in [0, 0.1) is 13.8 Å². The molecule has 0 unspecified atom stereocenters. The minimum absolute atomic E-state index is 0.115. The van der Waals surface area contributed by atoms with Gasteiger partial charge in [0.05, 0.1) is 12.3 Å². The van der Waals surface area contributed by atoms with Gasteiger partial charge in [-0.25, -0.2) is 0 Å². The molecule has 7 heteroatoms. The summed E-state index contributed by atoms with van der Waals surface area (Å²) >= 11 is 0. The largest absolute Gasteiger partial charge is 0.366 e. The number of hydrogen-bond donors (Lipinski definition) is 1. The second kappa shape index (κ2) is 6.76. The van der Waals surface area contributed by atoms with E-state index in [9.17, 15) is 4.79 Å². The molecule has 0 saturated carbocycles. The Labute approximate surface area is 130 Å². The van der Waals surface area contributed by atoms with Crippen molar-refractivity contribution in [3.63, 3.8) is 0 Å². The summed E-state index contributed by atoms with van der Waals surface area (Å²) in [5.41, 5.74) is 2.12. The van der Waals surface area contributed by atoms with Crippen LogP contribution in [0.2, 0.25) is 0 Å². The molecule has 2 saturated heterocycles. The number of nitrogens with one attached hydrogen (secondary N) is 1. The van der Waals surface area contributed by atoms with Crippen molar-refractivity contribution in [1.29, 1.82) is 0 Å². The zero-order valence-corrected chi connectivity index (χ0v) is 13.3. The Balaban J connectivity index is 1.51. The summed E-state index contributed by atoms with van der Waals surface area (Å²) in [5, 5.41) is 7.20. The molecule has 122 valence electrons. The first-order valence-electron chi connectivity index (χ1n) is 7.90. The van der Waals surface area contributed by atoms with Gasteiger partial charge in [0.1, 0.15) is 11.9 Å². The molecule has 1 aromatic rings. The molecule has 3 rings (SSSR count). The summed E-state index contributed by atoms with van der Waals surface area (Å²) < 4.78 is 10.8. The lowest BCUT2D eigenvalue weighted by atomic mass is 10.1. The molecule has 0 bridgehead atoms. The van der Waals surface area contributed by atoms with Crippen LogP contribution in [0.1, 0.15) is 17.0 Å². The number of carbonyl (C=O) groups is 1. The van der Waals surface area contributed by atoms with Crippen molar-refractivity contribution in [2.24, 2.45) is 0 Å². The highest BCUT2D eigenvalue weighted by Crippen LogP contribution is 2.16. The van der Waals surface area contributed by atoms with Gasteiger partial charge in [0.2, 0.25) is 0 Å². The van der Waals surface area contributed by atoms with E-state index in [2.05, 4.69) is 15.4 Å². The SMILES string of the molecule is Cc1noc(C)c1CN1CCN(C(=O)[C@H]2CNCCO2)CC1. The van der Waals surface area contributed by atoms with E-state index in [1.54, 1.807) is 0 Å². The highest BCUT2D eigenvalue weighted by molar-refractivity contribution is 5.81. The number of aryl methyl sites for hydroxylation is 2. The standard InChI is InChI=1S/C15H24N4O3/c1-11-13(12(2)22-17-11)10-18-4-6-19(7-5-18)15(20)14-9-16-3-8-21-14/h14,16H,3-10H2,1-2H3/t14-/m1/s1. The van der Waals surface area contributed by atoms with Gasteiger partial charge in [-0.2, -0.15) is 0 Å². The Morgan fingerprint density at radius 3 is 2.68 bits per heavy atom. The first-order valence-corrected chi connectivity index (χ1v) is 7.90. The third-order valence-corrected chi connectivity index (χ3v) is 4.45. The summed E-state index contributed by atoms with van der Waals surface area (Å²) in [4.78, 5) is 16.7. The molecule has 7 nitrogen and oxygen atoms in total. The van der Waals surface area contributed by atoms with Gasteiger partial charge < -0.3 is 19.5 Å². The zero-order chi connectivity index (χ0) is 15.5. The first-order chi connectivity index (χ1) is 10.6. The lowest BCUT2D eigenvalue weighted by Crippen LogP contribution is -2.54. The van der Waals surface area contributed by atoms with Crippen LogP contribution in [0.3, 0.4) is 0 Å². The van der Waals surface area contributed by atoms with Gasteiger partial charge in [-0.05, 0) is 13.8 Å². The van der Waals surface area contributed by atoms with Crippen molar-refractivity contribution < 1.29 is 14.1 Å². The maximum atomic E-state index is 12.4. The van der Waals surface area contributed by atoms with Gasteiger partial charge in [-0.3, -0.25) is 9.69 Å². The predicted octanol–water partition coefficient (Wildman–Crippen LogP) is -0.0760. The van der Waals surface area contributed by atoms with E-state index in [0.717, 1.165) is 50.7 Å². The van der Waals surface area contributed by atoms with Gasteiger partial charge in [0, 0.05) is 51.4 Å². The average Bonchev–Trinajstić information content (AvgIpc) is 2.88. The van der Waals surface area contributed by atoms with Gasteiger partial charge >= 0.3 is 0 Å². The summed E-state index contributed by atoms with van der Waals surface area (Å²) in [6.45, 7) is 10.1. The molecule has 0 aliphatic carbocycles. The van der Waals surface area contributed by atoms with E-state index in [1.165, 1.54) is 5.56 Å². The Morgan fingerprint density at radius 2 is 2.09 bits per heavy atom. The van der Waals surface area contributed by atoms with E-state index in [1.807, 2.05) is 18.7 Å². The summed E-state index contributed by atoms with van der Waals surface area (Å²) in [5.74, 6) is 1.00. The van der Waals surface area contributed by atoms with E-state index < -0.39 is 0 Å². The molecule has 22 heavy (non-hydrogen) atoms. The minimum atomic E-state index is -0.317. The van der Waals surface area contributed by atoms with Crippen molar-refractivity contribution in [3.05, 3.63) is 17.0 Å². The molecule has 0 spiro atoms. The normalized spacial score (nSPS) is 23.7. The number of rotatable bonds is 3. The van der Waals surface area contributed by atoms with Crippen molar-refractivity contribution in [1.82, 2.24) is 20.3 Å². The number of carbonyl (C=O) groups excluding carboxylic acids is 1. The number of hydrogen-bond acceptors (Lipinski definition) is 6. The van der Waals surface area contributed by atoms with Gasteiger partial charge in [0.25, 0.3) is 5.91 Å². The predicted molar refractivity (Wildman–Crippen MR) is 80.4 cm³/mol. The molecule has 0 radical (unpaired) electrons. The maximum absolute atomic E-state index is 12.4. The second-order valence-corrected chi connectivity index (χ2v) is 5.97. The Kier molecular flexibility index (Phi) is 4.75. The third-order valence-electron chi connectivity index (χ3n) is 4.45. The first kappa shape index (κ1) is 15.5. The van der Waals surface area contributed by atoms with Crippen LogP contribution >= 0.6 is 0 Å². The maximum Gasteiger partial charge on any atom is 0.253 e. The molecule has 3 heterocycles. The van der Waals surface area contributed by atoms with Crippen molar-refractivity contribution in [2.45, 2.75) is 26.5 Å². The van der Waals surface area contributed by atoms with Crippen LogP contribution in [0.25, 0.3) is 0 Å². The number of aromatic nitrogens is 1. The van der Waals surface area contributed by atoms with E-state index >= 15 is 0 Å². The van der Waals surface area contributed by atoms with E-state index in [-0.39, 0.29) is 12.0 Å². The average molecular weight is 308 g/mol. The summed E-state index contributed by atoms with van der Waals surface area (Å²) in [6, 6.07) is 0. The number of nitrogens with zero attached hydrogens (tertiary/aromatic N) is 3. The fourth-order valence-electron chi connectivity index (χ4n) is 3.01. The molecule has 1 N–H and O–H groups in total. The van der Waals surface area contributed by atoms with Crippen LogP contribution in [0.5, 0.6) is 0 Å². The quantitative estimate of drug-likeness (QED) is 0.842. The van der Waals surface area contributed by atoms with Crippen LogP contribution < -0.4 is 5.32 Å². The Hall–Kier alpha value is -1.44. The molecule has 2 aliphatic rings. The lowest BCUT2D eigenvalue weighted by Gasteiger charge is -2.37. The molecular weight excluding hydrogens is 284 g/mol. The van der Waals surface area contributed by atoms with Crippen LogP contribution in [-0.4, -0.2) is 72.8 Å². The molecule has 1 aromatic heterocycles. The summed E-state index contributed by atoms with van der Waals surface area (Å²) in [6.07, 6.45) is -0.317. The zero-order valence-electron chi connectivity index (χ0n) is 13.3. The minimum Gasteiger partial charge on any atom is -0.366 e. The Bertz CT molecular complexity index is 497. The number of amides is 1. The van der Waals surface area contributed by atoms with Crippen molar-refractivity contribution in [2.75, 3.05) is 45.9 Å². The molecule has 1 amide bonds. The Morgan fingerprint density at radius 1 is 1.32 bits per heavy atom. The lowest BCUT2D eigenvalue weighted by molar-refractivity contribution is -0.147. The molecule has 0 aromatic carbocycles. The topological polar surface area (TPSA) is 70.8 Å². The molecular formula is C15H24N4O3. The smallest absolute Gasteiger partial charge is 0.253 e. The highest BCUT2D eigenvalue weighted by atomic mass is 16.5. The van der Waals surface area contributed by atoms with Gasteiger partial charge in [-0.1, -0.05) is 5.16 Å². The highest BCUT2D eigenvalue weighted by Gasteiger charge is 2.29. The second-order valence-electron chi connectivity index (χ2n) is 5.97. The number of piperazine rings is 1. The molecule has 1 atom stereocenters. The van der Waals surface area contributed by atoms with Crippen LogP contribution in [-0.2, 0) is 16.1 Å². The van der Waals surface area contributed by atoms with Gasteiger partial charge in [-0.15, -0.1) is 0 Å². The third kappa shape index (κ3) is 3.31. The van der Waals surface area contributed by atoms with Gasteiger partial charge in [0.15, 0.2) is 0 Å². The molecule has 2 fully saturated rings. The van der Waals surface area contributed by atoms with Crippen LogP contribution in [0.15, 0.2) is 4.52 Å². The van der Waals surface area contributed by atoms with Crippen molar-refractivity contribution in [3.8, 4) is 0 Å². The monoisotopic (exact) mass is 308 g/mol. The summed E-state index contributed by atoms with van der Waals surface area (Å²) in [7, 11) is 0. The fraction of sp³-hybridized carbons (Fsp3) is 0.733. The van der Waals surface area contributed by atoms with E-state index in [0.29, 0.717) is 13.2 Å². The number of ether oxygens (including phenoxy) is 1.